The minimum atomic E-state index is -0.956. The molecule has 7 heteroatoms. The third-order valence-corrected chi connectivity index (χ3v) is 6.57. The molecule has 1 saturated heterocycles. The number of carbonyl (C=O) groups excluding carboxylic acids is 1. The number of hydrogen-bond donors (Lipinski definition) is 1. The highest BCUT2D eigenvalue weighted by atomic mass is 79.9. The second-order valence-electron chi connectivity index (χ2n) is 9.33. The van der Waals surface area contributed by atoms with Crippen molar-refractivity contribution in [2.75, 3.05) is 19.7 Å². The second-order valence-corrected chi connectivity index (χ2v) is 10.2. The highest BCUT2D eigenvalue weighted by molar-refractivity contribution is 9.10. The molecule has 0 aromatic heterocycles. The van der Waals surface area contributed by atoms with Crippen molar-refractivity contribution in [1.82, 2.24) is 4.90 Å². The maximum Gasteiger partial charge on any atom is 0.410 e. The van der Waals surface area contributed by atoms with E-state index in [1.54, 1.807) is 4.90 Å². The number of piperidine rings is 1. The van der Waals surface area contributed by atoms with Gasteiger partial charge < -0.3 is 19.5 Å². The Labute approximate surface area is 180 Å². The van der Waals surface area contributed by atoms with E-state index in [0.29, 0.717) is 13.1 Å². The highest BCUT2D eigenvalue weighted by Crippen LogP contribution is 2.56. The van der Waals surface area contributed by atoms with E-state index < -0.39 is 17.2 Å². The Hall–Kier alpha value is -1.60. The van der Waals surface area contributed by atoms with E-state index in [9.17, 15) is 14.7 Å². The lowest BCUT2D eigenvalue weighted by atomic mass is 9.75. The first-order chi connectivity index (χ1) is 13.5. The molecule has 1 amide bonds. The summed E-state index contributed by atoms with van der Waals surface area (Å²) in [4.78, 5) is 25.4. The van der Waals surface area contributed by atoms with E-state index in [1.807, 2.05) is 45.0 Å². The van der Waals surface area contributed by atoms with Gasteiger partial charge in [-0.15, -0.1) is 0 Å². The Balaban J connectivity index is 1.72. The van der Waals surface area contributed by atoms with E-state index in [0.717, 1.165) is 42.1 Å². The molecule has 0 radical (unpaired) electrons. The zero-order valence-corrected chi connectivity index (χ0v) is 19.0. The summed E-state index contributed by atoms with van der Waals surface area (Å²) in [7, 11) is 0. The topological polar surface area (TPSA) is 76.1 Å². The van der Waals surface area contributed by atoms with E-state index >= 15 is 0 Å². The lowest BCUT2D eigenvalue weighted by Gasteiger charge is -2.41. The maximum absolute atomic E-state index is 12.4. The Morgan fingerprint density at radius 2 is 1.72 bits per heavy atom. The van der Waals surface area contributed by atoms with Gasteiger partial charge in [0.1, 0.15) is 12.2 Å². The SMILES string of the molecule is CC(C)(C)OC(=O)N1CCC2(CC1)CCC(OCC(=O)O)(c1ccc(Br)cc1)C2. The largest absolute Gasteiger partial charge is 0.480 e. The number of amides is 1. The van der Waals surface area contributed by atoms with E-state index in [2.05, 4.69) is 15.9 Å². The van der Waals surface area contributed by atoms with Gasteiger partial charge in [-0.3, -0.25) is 0 Å². The van der Waals surface area contributed by atoms with Gasteiger partial charge in [0, 0.05) is 17.6 Å². The molecule has 1 atom stereocenters. The van der Waals surface area contributed by atoms with E-state index in [-0.39, 0.29) is 18.1 Å². The molecular formula is C22H30BrNO5. The summed E-state index contributed by atoms with van der Waals surface area (Å²) in [5.74, 6) is -0.956. The smallest absolute Gasteiger partial charge is 0.410 e. The Morgan fingerprint density at radius 1 is 1.10 bits per heavy atom. The number of aliphatic carboxylic acids is 1. The van der Waals surface area contributed by atoms with Crippen molar-refractivity contribution in [3.8, 4) is 0 Å². The van der Waals surface area contributed by atoms with Crippen molar-refractivity contribution in [2.45, 2.75) is 64.1 Å². The molecule has 1 aromatic carbocycles. The number of rotatable bonds is 4. The Kier molecular flexibility index (Phi) is 6.30. The first kappa shape index (κ1) is 22.1. The molecule has 160 valence electrons. The number of benzene rings is 1. The van der Waals surface area contributed by atoms with Crippen LogP contribution < -0.4 is 0 Å². The molecule has 29 heavy (non-hydrogen) atoms. The minimum absolute atomic E-state index is 0.0596. The number of nitrogens with zero attached hydrogens (tertiary/aromatic N) is 1. The number of hydrogen-bond acceptors (Lipinski definition) is 4. The fourth-order valence-electron chi connectivity index (χ4n) is 4.57. The van der Waals surface area contributed by atoms with Crippen LogP contribution in [0.4, 0.5) is 4.79 Å². The molecule has 6 nitrogen and oxygen atoms in total. The predicted octanol–water partition coefficient (Wildman–Crippen LogP) is 4.95. The fourth-order valence-corrected chi connectivity index (χ4v) is 4.84. The van der Waals surface area contributed by atoms with Crippen molar-refractivity contribution in [1.29, 1.82) is 0 Å². The molecule has 1 aliphatic carbocycles. The van der Waals surface area contributed by atoms with Crippen LogP contribution in [0.5, 0.6) is 0 Å². The van der Waals surface area contributed by atoms with Gasteiger partial charge in [-0.1, -0.05) is 28.1 Å². The summed E-state index contributed by atoms with van der Waals surface area (Å²) in [6.45, 7) is 6.63. The molecule has 1 saturated carbocycles. The van der Waals surface area contributed by atoms with Crippen molar-refractivity contribution in [3.63, 3.8) is 0 Å². The van der Waals surface area contributed by atoms with Gasteiger partial charge in [0.05, 0.1) is 5.60 Å². The first-order valence-electron chi connectivity index (χ1n) is 10.1. The Bertz CT molecular complexity index is 749. The number of ether oxygens (including phenoxy) is 2. The molecule has 1 N–H and O–H groups in total. The van der Waals surface area contributed by atoms with Gasteiger partial charge in [0.2, 0.25) is 0 Å². The van der Waals surface area contributed by atoms with Crippen molar-refractivity contribution in [3.05, 3.63) is 34.3 Å². The molecule has 1 spiro atoms. The number of carbonyl (C=O) groups is 2. The zero-order valence-electron chi connectivity index (χ0n) is 17.4. The van der Waals surface area contributed by atoms with Crippen molar-refractivity contribution < 1.29 is 24.2 Å². The number of carboxylic acid groups (broad SMARTS) is 1. The Morgan fingerprint density at radius 3 is 2.28 bits per heavy atom. The van der Waals surface area contributed by atoms with Crippen LogP contribution >= 0.6 is 15.9 Å². The van der Waals surface area contributed by atoms with Gasteiger partial charge in [0.25, 0.3) is 0 Å². The first-order valence-corrected chi connectivity index (χ1v) is 10.9. The molecule has 1 unspecified atom stereocenters. The third kappa shape index (κ3) is 5.31. The van der Waals surface area contributed by atoms with Gasteiger partial charge in [-0.25, -0.2) is 9.59 Å². The average molecular weight is 468 g/mol. The molecule has 2 aliphatic rings. The average Bonchev–Trinajstić information content (AvgIpc) is 2.99. The van der Waals surface area contributed by atoms with Crippen LogP contribution in [0.2, 0.25) is 0 Å². The van der Waals surface area contributed by atoms with Crippen LogP contribution in [-0.4, -0.2) is 47.4 Å². The van der Waals surface area contributed by atoms with Gasteiger partial charge in [-0.2, -0.15) is 0 Å². The van der Waals surface area contributed by atoms with Gasteiger partial charge in [0.15, 0.2) is 0 Å². The highest BCUT2D eigenvalue weighted by Gasteiger charge is 2.51. The molecule has 1 aliphatic heterocycles. The summed E-state index contributed by atoms with van der Waals surface area (Å²) in [5.41, 5.74) is -0.00785. The normalized spacial score (nSPS) is 23.9. The van der Waals surface area contributed by atoms with Crippen LogP contribution in [0.15, 0.2) is 28.7 Å². The fraction of sp³-hybridized carbons (Fsp3) is 0.636. The lowest BCUT2D eigenvalue weighted by Crippen LogP contribution is -2.45. The number of carboxylic acids is 1. The van der Waals surface area contributed by atoms with Crippen molar-refractivity contribution in [2.24, 2.45) is 5.41 Å². The molecule has 1 heterocycles. The lowest BCUT2D eigenvalue weighted by molar-refractivity contribution is -0.151. The van der Waals surface area contributed by atoms with E-state index in [4.69, 9.17) is 9.47 Å². The van der Waals surface area contributed by atoms with Gasteiger partial charge >= 0.3 is 12.1 Å². The number of halogens is 1. The summed E-state index contributed by atoms with van der Waals surface area (Å²) >= 11 is 3.46. The molecule has 2 fully saturated rings. The van der Waals surface area contributed by atoms with Crippen LogP contribution in [-0.2, 0) is 19.9 Å². The van der Waals surface area contributed by atoms with Crippen LogP contribution in [0.3, 0.4) is 0 Å². The summed E-state index contributed by atoms with van der Waals surface area (Å²) < 4.78 is 12.5. The molecule has 1 aromatic rings. The number of likely N-dealkylation sites (tertiary alicyclic amines) is 1. The molecule has 0 bridgehead atoms. The standard InChI is InChI=1S/C22H30BrNO5/c1-20(2,3)29-19(27)24-12-10-21(11-13-24)8-9-22(15-21,28-14-18(25)26)16-4-6-17(23)7-5-16/h4-7H,8-15H2,1-3H3,(H,25,26). The second kappa shape index (κ2) is 8.26. The van der Waals surface area contributed by atoms with Crippen molar-refractivity contribution >= 4 is 28.0 Å². The summed E-state index contributed by atoms with van der Waals surface area (Å²) in [6.07, 6.45) is 4.02. The molecular weight excluding hydrogens is 438 g/mol. The molecule has 3 rings (SSSR count). The quantitative estimate of drug-likeness (QED) is 0.677. The monoisotopic (exact) mass is 467 g/mol. The van der Waals surface area contributed by atoms with Gasteiger partial charge in [-0.05, 0) is 76.0 Å². The van der Waals surface area contributed by atoms with E-state index in [1.165, 1.54) is 0 Å². The summed E-state index contributed by atoms with van der Waals surface area (Å²) in [5, 5.41) is 9.18. The van der Waals surface area contributed by atoms with Crippen LogP contribution in [0, 0.1) is 5.41 Å². The minimum Gasteiger partial charge on any atom is -0.480 e. The maximum atomic E-state index is 12.4. The zero-order chi connectivity index (χ0) is 21.3. The third-order valence-electron chi connectivity index (χ3n) is 6.04. The van der Waals surface area contributed by atoms with Crippen LogP contribution in [0.1, 0.15) is 58.4 Å². The van der Waals surface area contributed by atoms with Crippen LogP contribution in [0.25, 0.3) is 0 Å². The summed E-state index contributed by atoms with van der Waals surface area (Å²) in [6, 6.07) is 7.97. The predicted molar refractivity (Wildman–Crippen MR) is 113 cm³/mol.